The summed E-state index contributed by atoms with van der Waals surface area (Å²) in [4.78, 5) is 40.6. The maximum atomic E-state index is 12.8. The zero-order chi connectivity index (χ0) is 24.1. The van der Waals surface area contributed by atoms with E-state index >= 15 is 0 Å². The van der Waals surface area contributed by atoms with E-state index in [1.54, 1.807) is 30.9 Å². The van der Waals surface area contributed by atoms with Gasteiger partial charge in [0.15, 0.2) is 0 Å². The smallest absolute Gasteiger partial charge is 0.281 e. The largest absolute Gasteiger partial charge is 0.402 e. The molecule has 1 aliphatic heterocycles. The minimum absolute atomic E-state index is 0.0526. The number of nitrogens with two attached hydrogens (primary N) is 1. The molecular formula is C24H29N5O3S. The van der Waals surface area contributed by atoms with Gasteiger partial charge in [-0.3, -0.25) is 14.4 Å². The quantitative estimate of drug-likeness (QED) is 0.342. The zero-order valence-electron chi connectivity index (χ0n) is 19.3. The van der Waals surface area contributed by atoms with E-state index < -0.39 is 11.8 Å². The number of aryl methyl sites for hydroxylation is 2. The van der Waals surface area contributed by atoms with Crippen molar-refractivity contribution in [2.24, 2.45) is 10.8 Å². The number of hydrogen-bond donors (Lipinski definition) is 3. The predicted molar refractivity (Wildman–Crippen MR) is 131 cm³/mol. The van der Waals surface area contributed by atoms with Crippen LogP contribution in [0.5, 0.6) is 0 Å². The molecule has 1 aromatic carbocycles. The average Bonchev–Trinajstić information content (AvgIpc) is 3.46. The summed E-state index contributed by atoms with van der Waals surface area (Å²) in [6, 6.07) is 8.88. The molecule has 1 saturated heterocycles. The number of nitrogens with one attached hydrogen (secondary N) is 2. The molecule has 2 heterocycles. The van der Waals surface area contributed by atoms with Crippen LogP contribution >= 0.6 is 11.3 Å². The fourth-order valence-corrected chi connectivity index (χ4v) is 4.40. The van der Waals surface area contributed by atoms with Gasteiger partial charge < -0.3 is 16.0 Å². The van der Waals surface area contributed by atoms with Gasteiger partial charge in [0.05, 0.1) is 21.0 Å². The molecule has 1 fully saturated rings. The van der Waals surface area contributed by atoms with Gasteiger partial charge >= 0.3 is 0 Å². The molecule has 1 aromatic heterocycles. The first kappa shape index (κ1) is 24.2. The number of hydrogen-bond acceptors (Lipinski definition) is 6. The highest BCUT2D eigenvalue weighted by molar-refractivity contribution is 7.15. The number of carbonyl (C=O) groups is 3. The van der Waals surface area contributed by atoms with Crippen molar-refractivity contribution < 1.29 is 14.4 Å². The van der Waals surface area contributed by atoms with Crippen LogP contribution in [0.15, 0.2) is 46.7 Å². The van der Waals surface area contributed by atoms with Crippen molar-refractivity contribution in [3.05, 3.63) is 62.5 Å². The third-order valence-corrected chi connectivity index (χ3v) is 6.58. The molecule has 0 bridgehead atoms. The molecule has 33 heavy (non-hydrogen) atoms. The van der Waals surface area contributed by atoms with E-state index in [2.05, 4.69) is 15.8 Å². The summed E-state index contributed by atoms with van der Waals surface area (Å²) in [5, 5.41) is 6.90. The van der Waals surface area contributed by atoms with Crippen LogP contribution in [0.2, 0.25) is 0 Å². The number of benzene rings is 1. The summed E-state index contributed by atoms with van der Waals surface area (Å²) in [6.45, 7) is 8.66. The minimum atomic E-state index is -0.455. The first-order chi connectivity index (χ1) is 15.7. The number of nitrogens with zero attached hydrogens (tertiary/aromatic N) is 2. The van der Waals surface area contributed by atoms with Gasteiger partial charge in [0.1, 0.15) is 0 Å². The van der Waals surface area contributed by atoms with E-state index in [1.807, 2.05) is 32.0 Å². The number of hydrazone groups is 1. The molecule has 0 unspecified atom stereocenters. The van der Waals surface area contributed by atoms with E-state index in [1.165, 1.54) is 0 Å². The van der Waals surface area contributed by atoms with E-state index in [0.29, 0.717) is 15.4 Å². The molecule has 0 atom stereocenters. The Morgan fingerprint density at radius 1 is 1.00 bits per heavy atom. The third-order valence-electron chi connectivity index (χ3n) is 5.51. The fourth-order valence-electron chi connectivity index (χ4n) is 3.54. The molecule has 3 amide bonds. The molecule has 0 radical (unpaired) electrons. The summed E-state index contributed by atoms with van der Waals surface area (Å²) >= 11 is 1.12. The van der Waals surface area contributed by atoms with E-state index in [-0.39, 0.29) is 22.9 Å². The molecular weight excluding hydrogens is 438 g/mol. The minimum Gasteiger partial charge on any atom is -0.402 e. The van der Waals surface area contributed by atoms with Crippen LogP contribution in [-0.2, 0) is 4.79 Å². The lowest BCUT2D eigenvalue weighted by atomic mass is 10.1. The standard InChI is InChI=1S/C24H29N5O3S/c1-14-7-8-18(13-15(14)2)26-23(31)21(16(3)25)17(4)27-28-22(30)19-9-10-20(33-19)24(32)29-11-5-6-12-29/h7-10,13H,5-6,11-12,25H2,1-4H3,(H,26,31)(H,28,30). The summed E-state index contributed by atoms with van der Waals surface area (Å²) in [5.74, 6) is -0.921. The van der Waals surface area contributed by atoms with Crippen molar-refractivity contribution in [3.63, 3.8) is 0 Å². The van der Waals surface area contributed by atoms with Gasteiger partial charge in [-0.15, -0.1) is 11.3 Å². The van der Waals surface area contributed by atoms with Crippen molar-refractivity contribution in [3.8, 4) is 0 Å². The molecule has 0 saturated carbocycles. The van der Waals surface area contributed by atoms with Crippen molar-refractivity contribution in [2.75, 3.05) is 18.4 Å². The monoisotopic (exact) mass is 467 g/mol. The Morgan fingerprint density at radius 2 is 1.67 bits per heavy atom. The number of allylic oxidation sites excluding steroid dienone is 1. The van der Waals surface area contributed by atoms with Gasteiger partial charge in [0, 0.05) is 24.5 Å². The summed E-state index contributed by atoms with van der Waals surface area (Å²) in [6.07, 6.45) is 2.01. The van der Waals surface area contributed by atoms with E-state index in [0.717, 1.165) is 48.4 Å². The summed E-state index contributed by atoms with van der Waals surface area (Å²) in [5.41, 5.74) is 12.0. The zero-order valence-corrected chi connectivity index (χ0v) is 20.1. The second-order valence-corrected chi connectivity index (χ2v) is 9.20. The molecule has 0 spiro atoms. The predicted octanol–water partition coefficient (Wildman–Crippen LogP) is 3.58. The number of amides is 3. The fraction of sp³-hybridized carbons (Fsp3) is 0.333. The van der Waals surface area contributed by atoms with Crippen LogP contribution < -0.4 is 16.5 Å². The first-order valence-corrected chi connectivity index (χ1v) is 11.6. The van der Waals surface area contributed by atoms with Gasteiger partial charge in [-0.05, 0) is 75.9 Å². The lowest BCUT2D eigenvalue weighted by Gasteiger charge is -2.13. The summed E-state index contributed by atoms with van der Waals surface area (Å²) < 4.78 is 0. The number of carbonyl (C=O) groups excluding carboxylic acids is 3. The molecule has 3 rings (SSSR count). The van der Waals surface area contributed by atoms with Crippen LogP contribution in [0.25, 0.3) is 0 Å². The molecule has 8 nitrogen and oxygen atoms in total. The van der Waals surface area contributed by atoms with Gasteiger partial charge in [0.25, 0.3) is 17.7 Å². The maximum Gasteiger partial charge on any atom is 0.281 e. The Labute approximate surface area is 197 Å². The SMILES string of the molecule is CC(=NNC(=O)c1ccc(C(=O)N2CCCC2)s1)C(C(=O)Nc1ccc(C)c(C)c1)=C(C)N. The number of rotatable bonds is 6. The third kappa shape index (κ3) is 5.87. The van der Waals surface area contributed by atoms with Gasteiger partial charge in [-0.25, -0.2) is 5.43 Å². The van der Waals surface area contributed by atoms with Crippen molar-refractivity contribution >= 4 is 40.5 Å². The van der Waals surface area contributed by atoms with Gasteiger partial charge in [0.2, 0.25) is 0 Å². The Balaban J connectivity index is 1.68. The average molecular weight is 468 g/mol. The van der Waals surface area contributed by atoms with Gasteiger partial charge in [-0.1, -0.05) is 6.07 Å². The molecule has 0 aliphatic carbocycles. The van der Waals surface area contributed by atoms with Crippen molar-refractivity contribution in [2.45, 2.75) is 40.5 Å². The first-order valence-electron chi connectivity index (χ1n) is 10.8. The summed E-state index contributed by atoms with van der Waals surface area (Å²) in [7, 11) is 0. The Morgan fingerprint density at radius 3 is 2.30 bits per heavy atom. The Bertz CT molecular complexity index is 1140. The van der Waals surface area contributed by atoms with Crippen LogP contribution in [0.1, 0.15) is 57.2 Å². The maximum absolute atomic E-state index is 12.8. The molecule has 4 N–H and O–H groups in total. The van der Waals surface area contributed by atoms with E-state index in [4.69, 9.17) is 5.73 Å². The Hall–Kier alpha value is -3.46. The van der Waals surface area contributed by atoms with Crippen molar-refractivity contribution in [1.29, 1.82) is 0 Å². The highest BCUT2D eigenvalue weighted by Crippen LogP contribution is 2.21. The molecule has 2 aromatic rings. The Kier molecular flexibility index (Phi) is 7.65. The molecule has 9 heteroatoms. The molecule has 174 valence electrons. The number of likely N-dealkylation sites (tertiary alicyclic amines) is 1. The van der Waals surface area contributed by atoms with Gasteiger partial charge in [-0.2, -0.15) is 5.10 Å². The second kappa shape index (κ2) is 10.4. The topological polar surface area (TPSA) is 117 Å². The van der Waals surface area contributed by atoms with Crippen LogP contribution in [-0.4, -0.2) is 41.4 Å². The normalized spacial score (nSPS) is 14.7. The molecule has 1 aliphatic rings. The van der Waals surface area contributed by atoms with E-state index in [9.17, 15) is 14.4 Å². The van der Waals surface area contributed by atoms with Crippen LogP contribution in [0, 0.1) is 13.8 Å². The number of thiophene rings is 1. The highest BCUT2D eigenvalue weighted by Gasteiger charge is 2.22. The lowest BCUT2D eigenvalue weighted by molar-refractivity contribution is -0.112. The lowest BCUT2D eigenvalue weighted by Crippen LogP contribution is -2.26. The van der Waals surface area contributed by atoms with Crippen LogP contribution in [0.4, 0.5) is 5.69 Å². The second-order valence-electron chi connectivity index (χ2n) is 8.11. The van der Waals surface area contributed by atoms with Crippen LogP contribution in [0.3, 0.4) is 0 Å². The highest BCUT2D eigenvalue weighted by atomic mass is 32.1. The number of anilines is 1. The van der Waals surface area contributed by atoms with Crippen molar-refractivity contribution in [1.82, 2.24) is 10.3 Å².